The molecule has 0 aliphatic carbocycles. The Balaban J connectivity index is 1.54. The Kier molecular flexibility index (Phi) is 13.1. The molecule has 3 aliphatic rings. The number of amides is 3. The normalized spacial score (nSPS) is 25.2. The van der Waals surface area contributed by atoms with Crippen molar-refractivity contribution in [3.8, 4) is 5.75 Å². The molecule has 286 valence electrons. The van der Waals surface area contributed by atoms with Crippen LogP contribution in [0, 0.1) is 17.8 Å². The van der Waals surface area contributed by atoms with Crippen LogP contribution in [-0.4, -0.2) is 97.5 Å². The quantitative estimate of drug-likeness (QED) is 0.159. The maximum Gasteiger partial charge on any atom is 0.313 e. The van der Waals surface area contributed by atoms with Crippen LogP contribution in [0.5, 0.6) is 5.75 Å². The molecular formula is C41H53N3O9. The van der Waals surface area contributed by atoms with E-state index in [2.05, 4.69) is 18.5 Å². The minimum atomic E-state index is -1.34. The Morgan fingerprint density at radius 3 is 2.43 bits per heavy atom. The van der Waals surface area contributed by atoms with Crippen LogP contribution >= 0.6 is 0 Å². The first-order chi connectivity index (χ1) is 25.6. The van der Waals surface area contributed by atoms with Crippen LogP contribution in [0.2, 0.25) is 0 Å². The van der Waals surface area contributed by atoms with Gasteiger partial charge in [-0.25, -0.2) is 0 Å². The summed E-state index contributed by atoms with van der Waals surface area (Å²) < 4.78 is 23.9. The number of rotatable bonds is 19. The number of ether oxygens (including phenoxy) is 4. The van der Waals surface area contributed by atoms with E-state index >= 15 is 0 Å². The van der Waals surface area contributed by atoms with Crippen LogP contribution in [0.25, 0.3) is 0 Å². The lowest BCUT2D eigenvalue weighted by Crippen LogP contribution is -2.60. The van der Waals surface area contributed by atoms with E-state index < -0.39 is 65.6 Å². The third kappa shape index (κ3) is 7.76. The Morgan fingerprint density at radius 2 is 1.83 bits per heavy atom. The Labute approximate surface area is 312 Å². The second kappa shape index (κ2) is 17.5. The molecule has 1 spiro atoms. The lowest BCUT2D eigenvalue weighted by Gasteiger charge is -2.40. The van der Waals surface area contributed by atoms with Gasteiger partial charge in [-0.15, -0.1) is 13.2 Å². The molecule has 3 saturated heterocycles. The largest absolute Gasteiger partial charge is 0.497 e. The van der Waals surface area contributed by atoms with Crippen molar-refractivity contribution in [3.63, 3.8) is 0 Å². The second-order valence-electron chi connectivity index (χ2n) is 14.1. The van der Waals surface area contributed by atoms with Crippen molar-refractivity contribution < 1.29 is 43.2 Å². The van der Waals surface area contributed by atoms with Crippen LogP contribution in [0.15, 0.2) is 79.9 Å². The number of anilines is 1. The van der Waals surface area contributed by atoms with Crippen molar-refractivity contribution in [2.24, 2.45) is 17.8 Å². The second-order valence-corrected chi connectivity index (χ2v) is 14.1. The minimum absolute atomic E-state index is 0.0471. The first kappa shape index (κ1) is 39.7. The third-order valence-electron chi connectivity index (χ3n) is 11.1. The van der Waals surface area contributed by atoms with Crippen molar-refractivity contribution in [2.75, 3.05) is 38.9 Å². The number of aliphatic hydroxyl groups is 1. The molecule has 2 N–H and O–H groups in total. The van der Waals surface area contributed by atoms with Gasteiger partial charge >= 0.3 is 5.97 Å². The molecule has 0 saturated carbocycles. The number of likely N-dealkylation sites (tertiary alicyclic amines) is 1. The Morgan fingerprint density at radius 1 is 1.11 bits per heavy atom. The summed E-state index contributed by atoms with van der Waals surface area (Å²) in [4.78, 5) is 60.4. The highest BCUT2D eigenvalue weighted by Gasteiger charge is 2.76. The lowest BCUT2D eigenvalue weighted by atomic mass is 9.70. The number of aliphatic hydroxyl groups excluding tert-OH is 1. The molecule has 5 rings (SSSR count). The molecule has 53 heavy (non-hydrogen) atoms. The molecular weight excluding hydrogens is 678 g/mol. The summed E-state index contributed by atoms with van der Waals surface area (Å²) in [5, 5.41) is 13.7. The monoisotopic (exact) mass is 731 g/mol. The summed E-state index contributed by atoms with van der Waals surface area (Å²) in [6.07, 6.45) is 3.72. The van der Waals surface area contributed by atoms with Gasteiger partial charge in [0.2, 0.25) is 11.8 Å². The van der Waals surface area contributed by atoms with Gasteiger partial charge in [-0.1, -0.05) is 62.8 Å². The number of esters is 1. The van der Waals surface area contributed by atoms with Gasteiger partial charge in [-0.3, -0.25) is 19.2 Å². The predicted molar refractivity (Wildman–Crippen MR) is 199 cm³/mol. The van der Waals surface area contributed by atoms with Gasteiger partial charge in [0, 0.05) is 25.8 Å². The van der Waals surface area contributed by atoms with E-state index in [1.165, 1.54) is 12.0 Å². The summed E-state index contributed by atoms with van der Waals surface area (Å²) in [6, 6.07) is 13.5. The summed E-state index contributed by atoms with van der Waals surface area (Å²) in [7, 11) is 3.06. The molecule has 0 aromatic heterocycles. The number of hydrogen-bond acceptors (Lipinski definition) is 9. The number of nitrogens with one attached hydrogen (secondary N) is 1. The number of hydrogen-bond donors (Lipinski definition) is 2. The van der Waals surface area contributed by atoms with Gasteiger partial charge in [-0.05, 0) is 55.0 Å². The van der Waals surface area contributed by atoms with E-state index in [1.54, 1.807) is 60.6 Å². The molecule has 3 amide bonds. The Hall–Kier alpha value is -4.52. The number of allylic oxidation sites excluding steroid dienone is 1. The minimum Gasteiger partial charge on any atom is -0.497 e. The van der Waals surface area contributed by atoms with Gasteiger partial charge in [0.1, 0.15) is 23.5 Å². The number of carbonyl (C=O) groups is 4. The molecule has 12 nitrogen and oxygen atoms in total. The van der Waals surface area contributed by atoms with Crippen molar-refractivity contribution in [2.45, 2.75) is 81.9 Å². The molecule has 2 bridgehead atoms. The number of benzene rings is 2. The fourth-order valence-corrected chi connectivity index (χ4v) is 8.30. The third-order valence-corrected chi connectivity index (χ3v) is 11.1. The van der Waals surface area contributed by atoms with Crippen molar-refractivity contribution in [3.05, 3.63) is 85.5 Å². The zero-order valence-corrected chi connectivity index (χ0v) is 31.1. The van der Waals surface area contributed by atoms with E-state index in [1.807, 2.05) is 32.0 Å². The van der Waals surface area contributed by atoms with Crippen LogP contribution in [-0.2, 0) is 33.4 Å². The van der Waals surface area contributed by atoms with E-state index in [0.29, 0.717) is 42.7 Å². The first-order valence-electron chi connectivity index (χ1n) is 18.4. The van der Waals surface area contributed by atoms with Crippen LogP contribution in [0.4, 0.5) is 5.69 Å². The van der Waals surface area contributed by atoms with Crippen molar-refractivity contribution in [1.29, 1.82) is 0 Å². The van der Waals surface area contributed by atoms with Gasteiger partial charge in [-0.2, -0.15) is 0 Å². The predicted octanol–water partition coefficient (Wildman–Crippen LogP) is 4.38. The van der Waals surface area contributed by atoms with Crippen LogP contribution < -0.4 is 15.0 Å². The molecule has 2 aromatic rings. The molecule has 0 radical (unpaired) electrons. The topological polar surface area (TPSA) is 144 Å². The number of methoxy groups -OCH3 is 2. The summed E-state index contributed by atoms with van der Waals surface area (Å²) in [6.45, 7) is 11.3. The van der Waals surface area contributed by atoms with E-state index in [0.717, 1.165) is 0 Å². The standard InChI is InChI=1S/C41H53N3O9/c1-7-10-16-33(46)42-30(25-50-5)36(27-14-12-11-13-15-27)52-40(49)34-32-21-22-41(53-32)35(34)38(47)44(31(24-45)26(4)9-3)37(41)39(48)43(23-8-2)28-17-19-29(51-6)20-18-28/h7-8,11-15,17-20,26,30-32,34-37,45H,1-2,9-10,16,21-25H2,3-6H3,(H,42,46)/t26-,30-,31-,32-,34+,35+,36-,37-,41+/m0/s1. The fraction of sp³-hybridized carbons (Fsp3) is 0.512. The molecule has 3 aliphatic heterocycles. The van der Waals surface area contributed by atoms with Crippen LogP contribution in [0.1, 0.15) is 57.6 Å². The maximum absolute atomic E-state index is 15.0. The van der Waals surface area contributed by atoms with Gasteiger partial charge in [0.05, 0.1) is 50.3 Å². The number of fused-ring (bicyclic) bond motifs is 1. The van der Waals surface area contributed by atoms with E-state index in [9.17, 15) is 24.3 Å². The van der Waals surface area contributed by atoms with Gasteiger partial charge in [0.25, 0.3) is 5.91 Å². The van der Waals surface area contributed by atoms with Crippen molar-refractivity contribution >= 4 is 29.4 Å². The Bertz CT molecular complexity index is 1620. The number of nitrogens with zero attached hydrogens (tertiary/aromatic N) is 2. The molecule has 3 heterocycles. The first-order valence-corrected chi connectivity index (χ1v) is 18.4. The molecule has 9 atom stereocenters. The average molecular weight is 732 g/mol. The fourth-order valence-electron chi connectivity index (χ4n) is 8.30. The maximum atomic E-state index is 15.0. The zero-order chi connectivity index (χ0) is 38.3. The molecule has 12 heteroatoms. The van der Waals surface area contributed by atoms with Crippen LogP contribution in [0.3, 0.4) is 0 Å². The highest BCUT2D eigenvalue weighted by atomic mass is 16.6. The lowest BCUT2D eigenvalue weighted by molar-refractivity contribution is -0.163. The van der Waals surface area contributed by atoms with E-state index in [-0.39, 0.29) is 38.0 Å². The highest BCUT2D eigenvalue weighted by Crippen LogP contribution is 2.59. The SMILES string of the molecule is C=CCCC(=O)N[C@@H](COC)[C@@H](OC(=O)[C@@H]1[C@@H]2CC[C@]3(O2)[C@H](C(=O)N(CC=C)c2ccc(OC)cc2)N([C@@H](CO)[C@@H](C)CC)C(=O)[C@@H]13)c1ccccc1. The van der Waals surface area contributed by atoms with Gasteiger partial charge in [0.15, 0.2) is 0 Å². The smallest absolute Gasteiger partial charge is 0.313 e. The highest BCUT2D eigenvalue weighted by molar-refractivity contribution is 6.05. The summed E-state index contributed by atoms with van der Waals surface area (Å²) in [5.74, 6) is -3.38. The summed E-state index contributed by atoms with van der Waals surface area (Å²) >= 11 is 0. The van der Waals surface area contributed by atoms with Crippen molar-refractivity contribution in [1.82, 2.24) is 10.2 Å². The van der Waals surface area contributed by atoms with E-state index in [4.69, 9.17) is 18.9 Å². The zero-order valence-electron chi connectivity index (χ0n) is 31.1. The molecule has 3 fully saturated rings. The molecule has 2 aromatic carbocycles. The number of carbonyl (C=O) groups excluding carboxylic acids is 4. The van der Waals surface area contributed by atoms with Gasteiger partial charge < -0.3 is 39.2 Å². The summed E-state index contributed by atoms with van der Waals surface area (Å²) in [5.41, 5.74) is -0.141. The average Bonchev–Trinajstić information content (AvgIpc) is 3.82. The molecule has 0 unspecified atom stereocenters.